The maximum absolute atomic E-state index is 5.77. The second-order valence-electron chi connectivity index (χ2n) is 6.05. The van der Waals surface area contributed by atoms with Crippen molar-refractivity contribution in [3.63, 3.8) is 0 Å². The van der Waals surface area contributed by atoms with Crippen LogP contribution in [0.2, 0.25) is 0 Å². The van der Waals surface area contributed by atoms with Gasteiger partial charge in [0.15, 0.2) is 10.9 Å². The number of piperidine rings is 1. The van der Waals surface area contributed by atoms with Crippen LogP contribution in [0.3, 0.4) is 0 Å². The third-order valence-electron chi connectivity index (χ3n) is 4.66. The molecule has 2 aliphatic heterocycles. The molecule has 1 spiro atoms. The summed E-state index contributed by atoms with van der Waals surface area (Å²) in [5, 5.41) is 6.58. The molecule has 0 amide bonds. The van der Waals surface area contributed by atoms with E-state index < -0.39 is 0 Å². The highest BCUT2D eigenvalue weighted by Crippen LogP contribution is 2.31. The van der Waals surface area contributed by atoms with Crippen molar-refractivity contribution in [1.82, 2.24) is 4.90 Å². The molecular weight excluding hydrogens is 308 g/mol. The molecule has 5 heteroatoms. The Kier molecular flexibility index (Phi) is 3.93. The highest BCUT2D eigenvalue weighted by atomic mass is 32.1. The summed E-state index contributed by atoms with van der Waals surface area (Å²) >= 11 is 5.62. The van der Waals surface area contributed by atoms with Gasteiger partial charge in [0.05, 0.1) is 13.2 Å². The van der Waals surface area contributed by atoms with Crippen molar-refractivity contribution in [1.29, 1.82) is 0 Å². The lowest BCUT2D eigenvalue weighted by Crippen LogP contribution is -2.48. The summed E-state index contributed by atoms with van der Waals surface area (Å²) < 4.78 is 11.5. The predicted molar refractivity (Wildman–Crippen MR) is 95.6 cm³/mol. The first-order chi connectivity index (χ1) is 11.3. The number of rotatable bonds is 1. The molecule has 2 aromatic rings. The van der Waals surface area contributed by atoms with Crippen LogP contribution in [0.15, 0.2) is 42.5 Å². The molecule has 2 aromatic carbocycles. The van der Waals surface area contributed by atoms with E-state index in [1.54, 1.807) is 0 Å². The topological polar surface area (TPSA) is 33.7 Å². The van der Waals surface area contributed by atoms with Gasteiger partial charge >= 0.3 is 0 Å². The van der Waals surface area contributed by atoms with E-state index in [0.29, 0.717) is 13.2 Å². The average molecular weight is 328 g/mol. The fourth-order valence-electron chi connectivity index (χ4n) is 3.36. The lowest BCUT2D eigenvalue weighted by atomic mass is 10.0. The van der Waals surface area contributed by atoms with Crippen molar-refractivity contribution in [2.75, 3.05) is 31.6 Å². The molecule has 0 aliphatic carbocycles. The summed E-state index contributed by atoms with van der Waals surface area (Å²) in [5.74, 6) is -0.356. The van der Waals surface area contributed by atoms with E-state index in [1.165, 1.54) is 10.8 Å². The molecule has 2 fully saturated rings. The molecule has 0 radical (unpaired) electrons. The van der Waals surface area contributed by atoms with Gasteiger partial charge in [-0.3, -0.25) is 0 Å². The summed E-state index contributed by atoms with van der Waals surface area (Å²) in [6.45, 7) is 3.13. The first-order valence-corrected chi connectivity index (χ1v) is 8.48. The van der Waals surface area contributed by atoms with Gasteiger partial charge < -0.3 is 19.7 Å². The third kappa shape index (κ3) is 2.92. The first-order valence-electron chi connectivity index (χ1n) is 8.07. The first kappa shape index (κ1) is 14.9. The molecule has 0 unspecified atom stereocenters. The fourth-order valence-corrected chi connectivity index (χ4v) is 3.66. The number of fused-ring (bicyclic) bond motifs is 1. The van der Waals surface area contributed by atoms with E-state index in [1.807, 2.05) is 0 Å². The zero-order chi connectivity index (χ0) is 15.7. The summed E-state index contributed by atoms with van der Waals surface area (Å²) in [6.07, 6.45) is 1.73. The highest BCUT2D eigenvalue weighted by Gasteiger charge is 2.40. The number of likely N-dealkylation sites (tertiary alicyclic amines) is 1. The van der Waals surface area contributed by atoms with Crippen LogP contribution in [-0.4, -0.2) is 42.1 Å². The molecule has 0 aromatic heterocycles. The van der Waals surface area contributed by atoms with Crippen molar-refractivity contribution >= 4 is 33.8 Å². The fraction of sp³-hybridized carbons (Fsp3) is 0.389. The van der Waals surface area contributed by atoms with Crippen LogP contribution in [-0.2, 0) is 9.47 Å². The van der Waals surface area contributed by atoms with Crippen LogP contribution in [0, 0.1) is 0 Å². The monoisotopic (exact) mass is 328 g/mol. The quantitative estimate of drug-likeness (QED) is 0.812. The van der Waals surface area contributed by atoms with Gasteiger partial charge in [0, 0.05) is 37.0 Å². The summed E-state index contributed by atoms with van der Waals surface area (Å²) in [7, 11) is 0. The molecule has 23 heavy (non-hydrogen) atoms. The van der Waals surface area contributed by atoms with Crippen molar-refractivity contribution in [3.05, 3.63) is 42.5 Å². The number of ether oxygens (including phenoxy) is 2. The number of hydrogen-bond acceptors (Lipinski definition) is 3. The number of thiocarbonyl (C=S) groups is 1. The van der Waals surface area contributed by atoms with Crippen molar-refractivity contribution in [2.24, 2.45) is 0 Å². The van der Waals surface area contributed by atoms with Crippen LogP contribution in [0.4, 0.5) is 5.69 Å². The normalized spacial score (nSPS) is 20.1. The predicted octanol–water partition coefficient (Wildman–Crippen LogP) is 3.38. The Bertz CT molecular complexity index is 713. The summed E-state index contributed by atoms with van der Waals surface area (Å²) in [6, 6.07) is 14.6. The largest absolute Gasteiger partial charge is 0.349 e. The van der Waals surface area contributed by atoms with Crippen LogP contribution < -0.4 is 5.32 Å². The Balaban J connectivity index is 1.46. The lowest BCUT2D eigenvalue weighted by Gasteiger charge is -2.38. The highest BCUT2D eigenvalue weighted by molar-refractivity contribution is 7.80. The Morgan fingerprint density at radius 1 is 1.00 bits per heavy atom. The van der Waals surface area contributed by atoms with Crippen molar-refractivity contribution in [2.45, 2.75) is 18.6 Å². The minimum atomic E-state index is -0.356. The van der Waals surface area contributed by atoms with Crippen LogP contribution in [0.25, 0.3) is 10.8 Å². The van der Waals surface area contributed by atoms with Gasteiger partial charge in [-0.1, -0.05) is 36.4 Å². The van der Waals surface area contributed by atoms with Crippen LogP contribution in [0.5, 0.6) is 0 Å². The smallest absolute Gasteiger partial charge is 0.173 e. The second-order valence-corrected chi connectivity index (χ2v) is 6.44. The minimum Gasteiger partial charge on any atom is -0.349 e. The minimum absolute atomic E-state index is 0.356. The van der Waals surface area contributed by atoms with Crippen molar-refractivity contribution < 1.29 is 9.47 Å². The summed E-state index contributed by atoms with van der Waals surface area (Å²) in [4.78, 5) is 2.20. The molecule has 120 valence electrons. The van der Waals surface area contributed by atoms with Gasteiger partial charge in [0.1, 0.15) is 0 Å². The number of benzene rings is 2. The standard InChI is InChI=1S/C18H20N2O2S/c23-17(20-10-8-18(9-11-20)21-12-13-22-18)19-16-7-3-5-14-4-1-2-6-15(14)16/h1-7H,8-13H2,(H,19,23). The Morgan fingerprint density at radius 2 is 1.70 bits per heavy atom. The van der Waals surface area contributed by atoms with E-state index in [9.17, 15) is 0 Å². The molecule has 2 saturated heterocycles. The molecule has 4 rings (SSSR count). The van der Waals surface area contributed by atoms with Crippen molar-refractivity contribution in [3.8, 4) is 0 Å². The number of hydrogen-bond donors (Lipinski definition) is 1. The summed E-state index contributed by atoms with van der Waals surface area (Å²) in [5.41, 5.74) is 1.06. The lowest BCUT2D eigenvalue weighted by molar-refractivity contribution is -0.180. The van der Waals surface area contributed by atoms with E-state index in [-0.39, 0.29) is 5.79 Å². The maximum Gasteiger partial charge on any atom is 0.173 e. The number of anilines is 1. The SMILES string of the molecule is S=C(Nc1cccc2ccccc12)N1CCC2(CC1)OCCO2. The zero-order valence-corrected chi connectivity index (χ0v) is 13.8. The molecule has 0 saturated carbocycles. The maximum atomic E-state index is 5.77. The van der Waals surface area contributed by atoms with Gasteiger partial charge in [-0.25, -0.2) is 0 Å². The van der Waals surface area contributed by atoms with E-state index in [4.69, 9.17) is 21.7 Å². The number of nitrogens with zero attached hydrogens (tertiary/aromatic N) is 1. The van der Waals surface area contributed by atoms with Gasteiger partial charge in [0.25, 0.3) is 0 Å². The Hall–Kier alpha value is -1.69. The average Bonchev–Trinajstić information content (AvgIpc) is 3.04. The van der Waals surface area contributed by atoms with Gasteiger partial charge in [0.2, 0.25) is 0 Å². The third-order valence-corrected chi connectivity index (χ3v) is 5.02. The van der Waals surface area contributed by atoms with E-state index in [0.717, 1.165) is 36.7 Å². The zero-order valence-electron chi connectivity index (χ0n) is 13.0. The van der Waals surface area contributed by atoms with Gasteiger partial charge in [-0.15, -0.1) is 0 Å². The molecule has 0 atom stereocenters. The molecule has 1 N–H and O–H groups in total. The molecule has 2 aliphatic rings. The second kappa shape index (κ2) is 6.07. The Labute approximate surface area is 141 Å². The molecular formula is C18H20N2O2S. The molecule has 0 bridgehead atoms. The van der Waals surface area contributed by atoms with Gasteiger partial charge in [-0.05, 0) is 23.7 Å². The Morgan fingerprint density at radius 3 is 2.48 bits per heavy atom. The molecule has 4 nitrogen and oxygen atoms in total. The van der Waals surface area contributed by atoms with Gasteiger partial charge in [-0.2, -0.15) is 0 Å². The number of nitrogens with one attached hydrogen (secondary N) is 1. The van der Waals surface area contributed by atoms with Crippen LogP contribution in [0.1, 0.15) is 12.8 Å². The van der Waals surface area contributed by atoms with Crippen LogP contribution >= 0.6 is 12.2 Å². The van der Waals surface area contributed by atoms with E-state index in [2.05, 4.69) is 52.7 Å². The van der Waals surface area contributed by atoms with E-state index >= 15 is 0 Å². The molecule has 2 heterocycles.